The Hall–Kier alpha value is -1.87. The first-order valence-electron chi connectivity index (χ1n) is 5.70. The number of nitrogens with one attached hydrogen (secondary N) is 1. The molecule has 2 aromatic heterocycles. The van der Waals surface area contributed by atoms with Crippen molar-refractivity contribution in [1.82, 2.24) is 9.97 Å². The van der Waals surface area contributed by atoms with Crippen LogP contribution in [0.25, 0.3) is 11.0 Å². The molecule has 0 saturated carbocycles. The quantitative estimate of drug-likeness (QED) is 0.602. The summed E-state index contributed by atoms with van der Waals surface area (Å²) < 4.78 is 2.12. The van der Waals surface area contributed by atoms with Gasteiger partial charge in [-0.1, -0.05) is 12.1 Å². The fourth-order valence-corrected chi connectivity index (χ4v) is 1.89. The van der Waals surface area contributed by atoms with E-state index in [0.717, 1.165) is 23.4 Å². The van der Waals surface area contributed by atoms with E-state index in [2.05, 4.69) is 46.0 Å². The Bertz CT molecular complexity index is 610. The van der Waals surface area contributed by atoms with Crippen molar-refractivity contribution in [3.63, 3.8) is 0 Å². The molecular formula is C14H14ClN3. The Balaban J connectivity index is 0.00000120. The van der Waals surface area contributed by atoms with Gasteiger partial charge in [0.2, 0.25) is 6.54 Å². The Morgan fingerprint density at radius 3 is 2.56 bits per heavy atom. The van der Waals surface area contributed by atoms with Gasteiger partial charge in [-0.3, -0.25) is 0 Å². The number of halogens is 1. The first kappa shape index (κ1) is 12.6. The van der Waals surface area contributed by atoms with Crippen molar-refractivity contribution in [1.29, 1.82) is 0 Å². The molecule has 0 radical (unpaired) electrons. The number of imidazole rings is 1. The third kappa shape index (κ3) is 2.51. The van der Waals surface area contributed by atoms with Crippen molar-refractivity contribution < 1.29 is 17.0 Å². The molecule has 3 nitrogen and oxygen atoms in total. The highest BCUT2D eigenvalue weighted by atomic mass is 35.5. The average molecular weight is 260 g/mol. The van der Waals surface area contributed by atoms with Crippen molar-refractivity contribution in [3.05, 3.63) is 60.2 Å². The number of benzene rings is 1. The molecule has 0 atom stereocenters. The van der Waals surface area contributed by atoms with Crippen LogP contribution in [0.2, 0.25) is 0 Å². The van der Waals surface area contributed by atoms with E-state index in [4.69, 9.17) is 0 Å². The summed E-state index contributed by atoms with van der Waals surface area (Å²) in [4.78, 5) is 7.88. The maximum absolute atomic E-state index is 4.55. The zero-order valence-electron chi connectivity index (χ0n) is 10.1. The first-order chi connectivity index (χ1) is 8.31. The van der Waals surface area contributed by atoms with Crippen molar-refractivity contribution in [2.24, 2.45) is 0 Å². The van der Waals surface area contributed by atoms with Crippen molar-refractivity contribution in [3.8, 4) is 0 Å². The van der Waals surface area contributed by atoms with Crippen LogP contribution in [0.5, 0.6) is 0 Å². The number of aromatic amines is 1. The number of aryl methyl sites for hydroxylation is 1. The monoisotopic (exact) mass is 259 g/mol. The van der Waals surface area contributed by atoms with E-state index in [9.17, 15) is 0 Å². The molecule has 0 aliphatic heterocycles. The van der Waals surface area contributed by atoms with Gasteiger partial charge in [-0.05, 0) is 24.6 Å². The lowest BCUT2D eigenvalue weighted by Crippen LogP contribution is -3.00. The first-order valence-corrected chi connectivity index (χ1v) is 5.70. The van der Waals surface area contributed by atoms with E-state index in [1.54, 1.807) is 0 Å². The zero-order chi connectivity index (χ0) is 11.7. The molecule has 0 aliphatic rings. The van der Waals surface area contributed by atoms with Gasteiger partial charge in [0.05, 0.1) is 11.0 Å². The molecule has 4 heteroatoms. The largest absolute Gasteiger partial charge is 1.00 e. The smallest absolute Gasteiger partial charge is 0.205 e. The highest BCUT2D eigenvalue weighted by Gasteiger charge is 2.06. The number of rotatable bonds is 2. The second-order valence-corrected chi connectivity index (χ2v) is 4.25. The van der Waals surface area contributed by atoms with Crippen LogP contribution in [0.1, 0.15) is 11.4 Å². The summed E-state index contributed by atoms with van der Waals surface area (Å²) in [5.74, 6) is 0.986. The second kappa shape index (κ2) is 5.19. The minimum atomic E-state index is 0. The lowest BCUT2D eigenvalue weighted by atomic mass is 10.3. The third-order valence-corrected chi connectivity index (χ3v) is 2.83. The molecule has 2 heterocycles. The van der Waals surface area contributed by atoms with Crippen molar-refractivity contribution >= 4 is 11.0 Å². The van der Waals surface area contributed by atoms with Crippen LogP contribution in [-0.4, -0.2) is 9.97 Å². The number of fused-ring (bicyclic) bond motifs is 1. The fourth-order valence-electron chi connectivity index (χ4n) is 1.89. The lowest BCUT2D eigenvalue weighted by molar-refractivity contribution is -0.689. The van der Waals surface area contributed by atoms with E-state index in [1.807, 2.05) is 24.3 Å². The second-order valence-electron chi connectivity index (χ2n) is 4.25. The molecule has 0 fully saturated rings. The zero-order valence-corrected chi connectivity index (χ0v) is 10.9. The summed E-state index contributed by atoms with van der Waals surface area (Å²) in [5, 5.41) is 0. The van der Waals surface area contributed by atoms with E-state index in [0.29, 0.717) is 0 Å². The number of hydrogen-bond donors (Lipinski definition) is 1. The normalized spacial score (nSPS) is 10.3. The Morgan fingerprint density at radius 2 is 1.83 bits per heavy atom. The van der Waals surface area contributed by atoms with Crippen molar-refractivity contribution in [2.75, 3.05) is 0 Å². The SMILES string of the molecule is Cc1cc[n+](Cc2nc3ccccc3[nH]2)cc1.[Cl-]. The third-order valence-electron chi connectivity index (χ3n) is 2.83. The molecule has 0 bridgehead atoms. The number of para-hydroxylation sites is 2. The molecule has 3 rings (SSSR count). The van der Waals surface area contributed by atoms with Gasteiger partial charge < -0.3 is 17.4 Å². The predicted octanol–water partition coefficient (Wildman–Crippen LogP) is -0.789. The van der Waals surface area contributed by atoms with Crippen LogP contribution in [0.15, 0.2) is 48.8 Å². The predicted molar refractivity (Wildman–Crippen MR) is 66.6 cm³/mol. The standard InChI is InChI=1S/C14H14N3.ClH/c1-11-6-8-17(9-7-11)10-14-15-12-4-2-3-5-13(12)16-14;/h2-9H,10H2,1H3,(H,15,16);1H/q+1;/p-1. The Labute approximate surface area is 112 Å². The molecule has 1 aromatic carbocycles. The maximum Gasteiger partial charge on any atom is 0.205 e. The molecular weight excluding hydrogens is 246 g/mol. The van der Waals surface area contributed by atoms with Gasteiger partial charge in [-0.15, -0.1) is 0 Å². The summed E-state index contributed by atoms with van der Waals surface area (Å²) in [6.07, 6.45) is 4.14. The highest BCUT2D eigenvalue weighted by Crippen LogP contribution is 2.09. The summed E-state index contributed by atoms with van der Waals surface area (Å²) in [5.41, 5.74) is 3.39. The topological polar surface area (TPSA) is 32.6 Å². The van der Waals surface area contributed by atoms with Crippen LogP contribution in [-0.2, 0) is 6.54 Å². The van der Waals surface area contributed by atoms with E-state index in [1.165, 1.54) is 5.56 Å². The maximum atomic E-state index is 4.55. The van der Waals surface area contributed by atoms with Crippen LogP contribution in [0, 0.1) is 6.92 Å². The van der Waals surface area contributed by atoms with Gasteiger partial charge in [0.25, 0.3) is 0 Å². The van der Waals surface area contributed by atoms with Gasteiger partial charge >= 0.3 is 0 Å². The molecule has 3 aromatic rings. The van der Waals surface area contributed by atoms with Crippen molar-refractivity contribution in [2.45, 2.75) is 13.5 Å². The van der Waals surface area contributed by atoms with E-state index in [-0.39, 0.29) is 12.4 Å². The van der Waals surface area contributed by atoms with Crippen LogP contribution < -0.4 is 17.0 Å². The highest BCUT2D eigenvalue weighted by molar-refractivity contribution is 5.74. The van der Waals surface area contributed by atoms with Gasteiger partial charge in [-0.25, -0.2) is 4.98 Å². The lowest BCUT2D eigenvalue weighted by Gasteiger charge is -1.93. The minimum Gasteiger partial charge on any atom is -1.00 e. The molecule has 0 amide bonds. The summed E-state index contributed by atoms with van der Waals surface area (Å²) in [6, 6.07) is 12.3. The number of hydrogen-bond acceptors (Lipinski definition) is 1. The average Bonchev–Trinajstić information content (AvgIpc) is 2.74. The van der Waals surface area contributed by atoms with Crippen LogP contribution in [0.3, 0.4) is 0 Å². The number of nitrogens with zero attached hydrogens (tertiary/aromatic N) is 2. The summed E-state index contributed by atoms with van der Waals surface area (Å²) in [6.45, 7) is 2.86. The van der Waals surface area contributed by atoms with E-state index >= 15 is 0 Å². The van der Waals surface area contributed by atoms with Gasteiger partial charge in [-0.2, -0.15) is 4.57 Å². The molecule has 0 aliphatic carbocycles. The van der Waals surface area contributed by atoms with Gasteiger partial charge in [0, 0.05) is 12.1 Å². The Kier molecular flexibility index (Phi) is 3.63. The summed E-state index contributed by atoms with van der Waals surface area (Å²) in [7, 11) is 0. The molecule has 0 unspecified atom stereocenters. The van der Waals surface area contributed by atoms with Crippen LogP contribution in [0.4, 0.5) is 0 Å². The molecule has 18 heavy (non-hydrogen) atoms. The number of pyridine rings is 1. The summed E-state index contributed by atoms with van der Waals surface area (Å²) >= 11 is 0. The molecule has 0 saturated heterocycles. The van der Waals surface area contributed by atoms with Gasteiger partial charge in [0.1, 0.15) is 0 Å². The van der Waals surface area contributed by atoms with E-state index < -0.39 is 0 Å². The number of H-pyrrole nitrogens is 1. The molecule has 0 spiro atoms. The number of aromatic nitrogens is 3. The Morgan fingerprint density at radius 1 is 1.11 bits per heavy atom. The van der Waals surface area contributed by atoms with Gasteiger partial charge in [0.15, 0.2) is 18.2 Å². The van der Waals surface area contributed by atoms with Crippen LogP contribution >= 0.6 is 0 Å². The molecule has 92 valence electrons. The fraction of sp³-hybridized carbons (Fsp3) is 0.143. The minimum absolute atomic E-state index is 0. The molecule has 1 N–H and O–H groups in total.